The summed E-state index contributed by atoms with van der Waals surface area (Å²) in [7, 11) is 0. The van der Waals surface area contributed by atoms with E-state index < -0.39 is 0 Å². The van der Waals surface area contributed by atoms with Crippen molar-refractivity contribution in [3.63, 3.8) is 0 Å². The summed E-state index contributed by atoms with van der Waals surface area (Å²) in [6, 6.07) is 27.7. The summed E-state index contributed by atoms with van der Waals surface area (Å²) < 4.78 is 2.34. The molecule has 4 rings (SSSR count). The number of nitrogens with zero attached hydrogens (tertiary/aromatic N) is 1. The molecule has 22 heavy (non-hydrogen) atoms. The summed E-state index contributed by atoms with van der Waals surface area (Å²) in [5.74, 6) is 0. The van der Waals surface area contributed by atoms with Crippen LogP contribution in [0.5, 0.6) is 0 Å². The molecule has 0 N–H and O–H groups in total. The molecule has 1 aliphatic rings. The lowest BCUT2D eigenvalue weighted by molar-refractivity contribution is -0.729. The topological polar surface area (TPSA) is 3.88 Å². The minimum Gasteiger partial charge on any atom is -1.00 e. The molecule has 1 nitrogen and oxygen atoms in total. The number of allylic oxidation sites excluding steroid dienone is 1. The Bertz CT molecular complexity index is 755. The van der Waals surface area contributed by atoms with E-state index in [2.05, 4.69) is 102 Å². The van der Waals surface area contributed by atoms with E-state index in [1.165, 1.54) is 16.8 Å². The molecule has 0 saturated heterocycles. The molecule has 2 heteroatoms. The molecule has 0 spiro atoms. The maximum Gasteiger partial charge on any atom is 0.238 e. The number of aromatic nitrogens is 1. The van der Waals surface area contributed by atoms with E-state index in [4.69, 9.17) is 0 Å². The molecule has 0 amide bonds. The normalized spacial score (nSPS) is 14.2. The predicted molar refractivity (Wildman–Crippen MR) is 84.7 cm³/mol. The van der Waals surface area contributed by atoms with E-state index in [0.717, 1.165) is 0 Å². The van der Waals surface area contributed by atoms with Gasteiger partial charge < -0.3 is 17.0 Å². The van der Waals surface area contributed by atoms with Gasteiger partial charge in [0.15, 0.2) is 6.20 Å². The highest BCUT2D eigenvalue weighted by atomic mass is 79.9. The van der Waals surface area contributed by atoms with Crippen molar-refractivity contribution in [1.82, 2.24) is 0 Å². The monoisotopic (exact) mass is 349 g/mol. The van der Waals surface area contributed by atoms with Crippen LogP contribution >= 0.6 is 0 Å². The smallest absolute Gasteiger partial charge is 0.238 e. The van der Waals surface area contributed by atoms with Crippen LogP contribution in [0.1, 0.15) is 16.8 Å². The molecule has 0 aliphatic carbocycles. The lowest BCUT2D eigenvalue weighted by atomic mass is 9.83. The fraction of sp³-hybridized carbons (Fsp3) is 0.0500. The first-order valence-electron chi connectivity index (χ1n) is 7.23. The van der Waals surface area contributed by atoms with Crippen molar-refractivity contribution < 1.29 is 21.5 Å². The van der Waals surface area contributed by atoms with Crippen molar-refractivity contribution in [3.05, 3.63) is 108 Å². The zero-order valence-electron chi connectivity index (χ0n) is 12.1. The quantitative estimate of drug-likeness (QED) is 0.602. The first-order chi connectivity index (χ1) is 10.4. The standard InChI is InChI=1S/C20H16N.BrH/c1-3-9-17(10-4-1)20(18-11-5-2-6-12-18)15-14-19-13-7-8-16-21(19)20;/h1-16H;1H/q+1;/p-1. The summed E-state index contributed by atoms with van der Waals surface area (Å²) in [5, 5.41) is 0. The summed E-state index contributed by atoms with van der Waals surface area (Å²) in [6.45, 7) is 0. The molecule has 0 atom stereocenters. The van der Waals surface area contributed by atoms with Gasteiger partial charge in [-0.2, -0.15) is 4.57 Å². The maximum absolute atomic E-state index is 2.34. The lowest BCUT2D eigenvalue weighted by Gasteiger charge is -2.24. The number of benzene rings is 2. The maximum atomic E-state index is 2.34. The summed E-state index contributed by atoms with van der Waals surface area (Å²) in [5.41, 5.74) is 3.54. The zero-order chi connectivity index (χ0) is 14.1. The van der Waals surface area contributed by atoms with Crippen molar-refractivity contribution in [3.8, 4) is 0 Å². The Morgan fingerprint density at radius 1 is 0.636 bits per heavy atom. The fourth-order valence-electron chi connectivity index (χ4n) is 3.22. The van der Waals surface area contributed by atoms with Crippen LogP contribution in [0.2, 0.25) is 0 Å². The number of rotatable bonds is 2. The Kier molecular flexibility index (Phi) is 3.95. The second-order valence-electron chi connectivity index (χ2n) is 5.33. The van der Waals surface area contributed by atoms with E-state index in [1.54, 1.807) is 0 Å². The molecule has 2 aromatic carbocycles. The molecule has 2 heterocycles. The summed E-state index contributed by atoms with van der Waals surface area (Å²) in [4.78, 5) is 0. The zero-order valence-corrected chi connectivity index (χ0v) is 13.6. The van der Waals surface area contributed by atoms with E-state index in [0.29, 0.717) is 0 Å². The first kappa shape index (κ1) is 14.7. The Hall–Kier alpha value is -2.19. The minimum atomic E-state index is -0.251. The highest BCUT2D eigenvalue weighted by Crippen LogP contribution is 2.34. The number of pyridine rings is 1. The van der Waals surface area contributed by atoms with Gasteiger partial charge in [-0.15, -0.1) is 0 Å². The van der Waals surface area contributed by atoms with Gasteiger partial charge in [0, 0.05) is 35.4 Å². The van der Waals surface area contributed by atoms with E-state index in [9.17, 15) is 0 Å². The molecule has 108 valence electrons. The molecule has 3 aromatic rings. The third kappa shape index (κ3) is 2.11. The summed E-state index contributed by atoms with van der Waals surface area (Å²) >= 11 is 0. The van der Waals surface area contributed by atoms with Crippen molar-refractivity contribution in [1.29, 1.82) is 0 Å². The largest absolute Gasteiger partial charge is 1.00 e. The average Bonchev–Trinajstić information content (AvgIpc) is 2.97. The van der Waals surface area contributed by atoms with Gasteiger partial charge in [0.05, 0.1) is 0 Å². The van der Waals surface area contributed by atoms with Gasteiger partial charge >= 0.3 is 0 Å². The molecule has 1 aliphatic heterocycles. The molecule has 0 radical (unpaired) electrons. The van der Waals surface area contributed by atoms with Crippen LogP contribution in [-0.4, -0.2) is 0 Å². The van der Waals surface area contributed by atoms with Gasteiger partial charge in [0.25, 0.3) is 0 Å². The number of hydrogen-bond donors (Lipinski definition) is 0. The lowest BCUT2D eigenvalue weighted by Crippen LogP contribution is -3.00. The fourth-order valence-corrected chi connectivity index (χ4v) is 3.22. The van der Waals surface area contributed by atoms with Crippen molar-refractivity contribution in [2.75, 3.05) is 0 Å². The van der Waals surface area contributed by atoms with Crippen LogP contribution in [-0.2, 0) is 5.54 Å². The van der Waals surface area contributed by atoms with Crippen LogP contribution in [0.15, 0.2) is 91.1 Å². The molecule has 0 bridgehead atoms. The Labute approximate surface area is 141 Å². The van der Waals surface area contributed by atoms with Gasteiger partial charge in [-0.3, -0.25) is 0 Å². The van der Waals surface area contributed by atoms with Crippen LogP contribution in [0.3, 0.4) is 0 Å². The average molecular weight is 350 g/mol. The second-order valence-corrected chi connectivity index (χ2v) is 5.33. The summed E-state index contributed by atoms with van der Waals surface area (Å²) in [6.07, 6.45) is 6.67. The number of hydrogen-bond acceptors (Lipinski definition) is 0. The minimum absolute atomic E-state index is 0. The van der Waals surface area contributed by atoms with Gasteiger partial charge in [-0.05, 0) is 6.07 Å². The van der Waals surface area contributed by atoms with Crippen LogP contribution in [0.25, 0.3) is 6.08 Å². The SMILES string of the molecule is C1=CC(c2ccccc2)(c2ccccc2)[n+]2ccccc21.[Br-]. The Morgan fingerprint density at radius 3 is 1.77 bits per heavy atom. The second kappa shape index (κ2) is 5.90. The number of halogens is 1. The Morgan fingerprint density at radius 2 is 1.18 bits per heavy atom. The van der Waals surface area contributed by atoms with Gasteiger partial charge in [0.2, 0.25) is 11.2 Å². The molecular formula is C20H16BrN. The van der Waals surface area contributed by atoms with Crippen LogP contribution < -0.4 is 21.5 Å². The molecular weight excluding hydrogens is 334 g/mol. The van der Waals surface area contributed by atoms with Gasteiger partial charge in [0.1, 0.15) is 0 Å². The number of fused-ring (bicyclic) bond motifs is 1. The molecule has 0 saturated carbocycles. The van der Waals surface area contributed by atoms with Crippen molar-refractivity contribution in [2.24, 2.45) is 0 Å². The third-order valence-electron chi connectivity index (χ3n) is 4.19. The third-order valence-corrected chi connectivity index (χ3v) is 4.19. The van der Waals surface area contributed by atoms with Crippen molar-refractivity contribution in [2.45, 2.75) is 5.54 Å². The van der Waals surface area contributed by atoms with E-state index in [-0.39, 0.29) is 22.5 Å². The van der Waals surface area contributed by atoms with Crippen LogP contribution in [0, 0.1) is 0 Å². The van der Waals surface area contributed by atoms with Gasteiger partial charge in [-0.1, -0.05) is 60.7 Å². The van der Waals surface area contributed by atoms with Crippen molar-refractivity contribution >= 4 is 6.08 Å². The first-order valence-corrected chi connectivity index (χ1v) is 7.23. The highest BCUT2D eigenvalue weighted by Gasteiger charge is 2.45. The Balaban J connectivity index is 0.00000144. The molecule has 0 unspecified atom stereocenters. The van der Waals surface area contributed by atoms with E-state index in [1.807, 2.05) is 0 Å². The highest BCUT2D eigenvalue weighted by molar-refractivity contribution is 5.54. The van der Waals surface area contributed by atoms with Crippen LogP contribution in [0.4, 0.5) is 0 Å². The molecule has 1 aromatic heterocycles. The van der Waals surface area contributed by atoms with E-state index >= 15 is 0 Å². The molecule has 0 fully saturated rings. The predicted octanol–water partition coefficient (Wildman–Crippen LogP) is 0.797. The van der Waals surface area contributed by atoms with Gasteiger partial charge in [-0.25, -0.2) is 0 Å².